The second kappa shape index (κ2) is 7.20. The van der Waals surface area contributed by atoms with Crippen LogP contribution < -0.4 is 0 Å². The molecule has 0 aromatic heterocycles. The number of hydrogen-bond donors (Lipinski definition) is 1. The second-order valence-electron chi connectivity index (χ2n) is 6.94. The Morgan fingerprint density at radius 2 is 1.54 bits per heavy atom. The number of rotatable bonds is 5. The van der Waals surface area contributed by atoms with Crippen molar-refractivity contribution in [3.8, 4) is 11.1 Å². The van der Waals surface area contributed by atoms with Crippen molar-refractivity contribution in [2.45, 2.75) is 32.4 Å². The molecule has 0 saturated carbocycles. The quantitative estimate of drug-likeness (QED) is 0.869. The molecular weight excluding hydrogens is 330 g/mol. The number of ether oxygens (including phenoxy) is 1. The van der Waals surface area contributed by atoms with Crippen LogP contribution in [0.3, 0.4) is 0 Å². The van der Waals surface area contributed by atoms with Crippen LogP contribution in [-0.2, 0) is 9.53 Å². The number of carbonyl (C=O) groups excluding carboxylic acids is 1. The summed E-state index contributed by atoms with van der Waals surface area (Å²) in [6.45, 7) is 3.89. The first-order valence-corrected chi connectivity index (χ1v) is 8.73. The molecule has 0 radical (unpaired) electrons. The number of benzene rings is 2. The first kappa shape index (κ1) is 18.0. The maximum Gasteiger partial charge on any atom is 0.411 e. The number of amides is 1. The molecule has 0 bridgehead atoms. The van der Waals surface area contributed by atoms with Crippen LogP contribution in [0.5, 0.6) is 0 Å². The van der Waals surface area contributed by atoms with Crippen molar-refractivity contribution in [3.05, 3.63) is 59.7 Å². The number of methoxy groups -OCH3 is 1. The lowest BCUT2D eigenvalue weighted by Crippen LogP contribution is -2.47. The Balaban J connectivity index is 2.18. The van der Waals surface area contributed by atoms with Crippen molar-refractivity contribution in [2.75, 3.05) is 7.11 Å². The maximum atomic E-state index is 12.7. The van der Waals surface area contributed by atoms with Crippen molar-refractivity contribution in [3.63, 3.8) is 0 Å². The average molecular weight is 353 g/mol. The minimum atomic E-state index is -1.02. The lowest BCUT2D eigenvalue weighted by atomic mass is 9.97. The minimum absolute atomic E-state index is 0.121. The van der Waals surface area contributed by atoms with Gasteiger partial charge in [-0.2, -0.15) is 0 Å². The van der Waals surface area contributed by atoms with Gasteiger partial charge in [0.15, 0.2) is 0 Å². The lowest BCUT2D eigenvalue weighted by molar-refractivity contribution is -0.144. The Labute approximate surface area is 153 Å². The molecule has 1 aliphatic rings. The highest BCUT2D eigenvalue weighted by atomic mass is 16.5. The van der Waals surface area contributed by atoms with Crippen LogP contribution in [0, 0.1) is 5.92 Å². The van der Waals surface area contributed by atoms with E-state index in [1.165, 1.54) is 12.0 Å². The summed E-state index contributed by atoms with van der Waals surface area (Å²) < 4.78 is 4.99. The number of carboxylic acids is 1. The van der Waals surface area contributed by atoms with E-state index in [2.05, 4.69) is 0 Å². The van der Waals surface area contributed by atoms with Crippen molar-refractivity contribution < 1.29 is 19.4 Å². The van der Waals surface area contributed by atoms with E-state index in [0.29, 0.717) is 6.42 Å². The van der Waals surface area contributed by atoms with Crippen molar-refractivity contribution >= 4 is 12.1 Å². The molecule has 136 valence electrons. The van der Waals surface area contributed by atoms with Gasteiger partial charge in [0.2, 0.25) is 0 Å². The third-order valence-electron chi connectivity index (χ3n) is 4.78. The van der Waals surface area contributed by atoms with Gasteiger partial charge in [0.05, 0.1) is 13.2 Å². The fourth-order valence-electron chi connectivity index (χ4n) is 3.73. The monoisotopic (exact) mass is 353 g/mol. The summed E-state index contributed by atoms with van der Waals surface area (Å²) in [5.74, 6) is -0.902. The molecule has 2 aromatic rings. The Hall–Kier alpha value is -2.82. The molecule has 2 aromatic carbocycles. The van der Waals surface area contributed by atoms with Crippen molar-refractivity contribution in [1.29, 1.82) is 0 Å². The van der Waals surface area contributed by atoms with E-state index in [1.54, 1.807) is 0 Å². The number of aliphatic carboxylic acids is 1. The normalized spacial score (nSPS) is 13.8. The average Bonchev–Trinajstić information content (AvgIpc) is 2.95. The van der Waals surface area contributed by atoms with Crippen LogP contribution in [0.1, 0.15) is 37.4 Å². The van der Waals surface area contributed by atoms with Gasteiger partial charge in [-0.1, -0.05) is 62.4 Å². The van der Waals surface area contributed by atoms with E-state index in [1.807, 2.05) is 62.4 Å². The van der Waals surface area contributed by atoms with Crippen LogP contribution in [0.2, 0.25) is 0 Å². The lowest BCUT2D eigenvalue weighted by Gasteiger charge is -2.34. The molecule has 0 unspecified atom stereocenters. The van der Waals surface area contributed by atoms with E-state index < -0.39 is 24.1 Å². The number of carboxylic acid groups (broad SMARTS) is 1. The van der Waals surface area contributed by atoms with Crippen LogP contribution in [0.25, 0.3) is 11.1 Å². The van der Waals surface area contributed by atoms with Gasteiger partial charge >= 0.3 is 12.1 Å². The number of hydrogen-bond acceptors (Lipinski definition) is 3. The smallest absolute Gasteiger partial charge is 0.411 e. The van der Waals surface area contributed by atoms with Gasteiger partial charge in [-0.05, 0) is 34.6 Å². The standard InChI is InChI=1S/C21H23NO4/c1-13(2)12-18(20(23)24)22(21(25)26-3)19-16-10-6-4-8-14(16)15-9-5-7-11-17(15)19/h4-11,13,18-19H,12H2,1-3H3,(H,23,24)/t18-/m0/s1. The first-order valence-electron chi connectivity index (χ1n) is 8.73. The zero-order valence-electron chi connectivity index (χ0n) is 15.2. The predicted molar refractivity (Wildman–Crippen MR) is 98.8 cm³/mol. The van der Waals surface area contributed by atoms with Crippen LogP contribution >= 0.6 is 0 Å². The minimum Gasteiger partial charge on any atom is -0.480 e. The molecule has 5 nitrogen and oxygen atoms in total. The fourth-order valence-corrected chi connectivity index (χ4v) is 3.73. The zero-order valence-corrected chi connectivity index (χ0v) is 15.2. The van der Waals surface area contributed by atoms with Gasteiger partial charge in [-0.25, -0.2) is 9.59 Å². The fraction of sp³-hybridized carbons (Fsp3) is 0.333. The molecule has 26 heavy (non-hydrogen) atoms. The highest BCUT2D eigenvalue weighted by molar-refractivity contribution is 5.85. The molecule has 0 aliphatic heterocycles. The summed E-state index contributed by atoms with van der Waals surface area (Å²) in [6, 6.07) is 14.2. The summed E-state index contributed by atoms with van der Waals surface area (Å²) >= 11 is 0. The Bertz CT molecular complexity index is 785. The summed E-state index contributed by atoms with van der Waals surface area (Å²) in [6.07, 6.45) is -0.278. The van der Waals surface area contributed by atoms with E-state index in [-0.39, 0.29) is 5.92 Å². The van der Waals surface area contributed by atoms with Crippen molar-refractivity contribution in [2.24, 2.45) is 5.92 Å². The SMILES string of the molecule is COC(=O)N(C1c2ccccc2-c2ccccc21)[C@@H](CC(C)C)C(=O)O. The van der Waals surface area contributed by atoms with E-state index in [4.69, 9.17) is 4.74 Å². The molecule has 1 aliphatic carbocycles. The third kappa shape index (κ3) is 3.05. The largest absolute Gasteiger partial charge is 0.480 e. The van der Waals surface area contributed by atoms with Crippen LogP contribution in [0.4, 0.5) is 4.79 Å². The second-order valence-corrected chi connectivity index (χ2v) is 6.94. The molecule has 1 amide bonds. The van der Waals surface area contributed by atoms with E-state index in [9.17, 15) is 14.7 Å². The van der Waals surface area contributed by atoms with E-state index in [0.717, 1.165) is 22.3 Å². The van der Waals surface area contributed by atoms with E-state index >= 15 is 0 Å². The molecule has 0 saturated heterocycles. The molecule has 0 heterocycles. The van der Waals surface area contributed by atoms with Gasteiger partial charge in [-0.15, -0.1) is 0 Å². The van der Waals surface area contributed by atoms with Crippen molar-refractivity contribution in [1.82, 2.24) is 4.90 Å². The van der Waals surface area contributed by atoms with Gasteiger partial charge in [-0.3, -0.25) is 4.90 Å². The number of nitrogens with zero attached hydrogens (tertiary/aromatic N) is 1. The van der Waals surface area contributed by atoms with Gasteiger partial charge in [0.1, 0.15) is 6.04 Å². The van der Waals surface area contributed by atoms with Crippen LogP contribution in [-0.4, -0.2) is 35.2 Å². The first-order chi connectivity index (χ1) is 12.5. The van der Waals surface area contributed by atoms with Gasteiger partial charge < -0.3 is 9.84 Å². The molecular formula is C21H23NO4. The van der Waals surface area contributed by atoms with Gasteiger partial charge in [0, 0.05) is 0 Å². The molecule has 1 atom stereocenters. The highest BCUT2D eigenvalue weighted by Gasteiger charge is 2.42. The molecule has 1 N–H and O–H groups in total. The molecule has 3 rings (SSSR count). The number of fused-ring (bicyclic) bond motifs is 3. The molecule has 5 heteroatoms. The summed E-state index contributed by atoms with van der Waals surface area (Å²) in [4.78, 5) is 26.1. The maximum absolute atomic E-state index is 12.7. The Morgan fingerprint density at radius 3 is 1.96 bits per heavy atom. The Kier molecular flexibility index (Phi) is 4.98. The van der Waals surface area contributed by atoms with Gasteiger partial charge in [0.25, 0.3) is 0 Å². The summed E-state index contributed by atoms with van der Waals surface area (Å²) in [5.41, 5.74) is 3.90. The highest BCUT2D eigenvalue weighted by Crippen LogP contribution is 2.47. The summed E-state index contributed by atoms with van der Waals surface area (Å²) in [7, 11) is 1.29. The summed E-state index contributed by atoms with van der Waals surface area (Å²) in [5, 5.41) is 9.84. The Morgan fingerprint density at radius 1 is 1.04 bits per heavy atom. The molecule has 0 fully saturated rings. The molecule has 0 spiro atoms. The topological polar surface area (TPSA) is 66.8 Å². The predicted octanol–water partition coefficient (Wildman–Crippen LogP) is 4.32. The zero-order chi connectivity index (χ0) is 18.8. The van der Waals surface area contributed by atoms with Crippen LogP contribution in [0.15, 0.2) is 48.5 Å². The number of carbonyl (C=O) groups is 2. The third-order valence-corrected chi connectivity index (χ3v) is 4.78.